The predicted molar refractivity (Wildman–Crippen MR) is 107 cm³/mol. The first-order valence-corrected chi connectivity index (χ1v) is 8.91. The van der Waals surface area contributed by atoms with Crippen molar-refractivity contribution < 1.29 is 9.59 Å². The standard InChI is InChI=1S/C20H24ClN3O2/c1-4-24(15(3)25)13-16-7-5-6-8-18(16)22-12-20(26)23-19-10-9-14(2)11-17(19)21/h5-11,22H,4,12-13H2,1-3H3,(H,23,26). The third-order valence-corrected chi connectivity index (χ3v) is 4.36. The fourth-order valence-electron chi connectivity index (χ4n) is 2.57. The van der Waals surface area contributed by atoms with Crippen LogP contribution in [-0.2, 0) is 16.1 Å². The van der Waals surface area contributed by atoms with E-state index in [0.717, 1.165) is 16.8 Å². The molecule has 0 saturated heterocycles. The van der Waals surface area contributed by atoms with Crippen LogP contribution in [0.5, 0.6) is 0 Å². The molecule has 0 fully saturated rings. The van der Waals surface area contributed by atoms with Gasteiger partial charge in [0.2, 0.25) is 11.8 Å². The van der Waals surface area contributed by atoms with Gasteiger partial charge in [-0.2, -0.15) is 0 Å². The van der Waals surface area contributed by atoms with E-state index in [9.17, 15) is 9.59 Å². The second-order valence-corrected chi connectivity index (χ2v) is 6.48. The monoisotopic (exact) mass is 373 g/mol. The SMILES string of the molecule is CCN(Cc1ccccc1NCC(=O)Nc1ccc(C)cc1Cl)C(C)=O. The number of amides is 2. The van der Waals surface area contributed by atoms with Crippen molar-refractivity contribution >= 4 is 34.8 Å². The Morgan fingerprint density at radius 3 is 2.50 bits per heavy atom. The zero-order chi connectivity index (χ0) is 19.1. The molecule has 2 amide bonds. The van der Waals surface area contributed by atoms with E-state index in [1.807, 2.05) is 44.2 Å². The molecule has 6 heteroatoms. The first-order chi connectivity index (χ1) is 12.4. The predicted octanol–water partition coefficient (Wildman–Crippen LogP) is 4.07. The van der Waals surface area contributed by atoms with E-state index in [-0.39, 0.29) is 18.4 Å². The van der Waals surface area contributed by atoms with Crippen molar-refractivity contribution in [2.75, 3.05) is 23.7 Å². The third-order valence-electron chi connectivity index (χ3n) is 4.04. The molecule has 5 nitrogen and oxygen atoms in total. The number of hydrogen-bond donors (Lipinski definition) is 2. The lowest BCUT2D eigenvalue weighted by atomic mass is 10.1. The molecule has 26 heavy (non-hydrogen) atoms. The molecule has 0 saturated carbocycles. The van der Waals surface area contributed by atoms with Gasteiger partial charge >= 0.3 is 0 Å². The van der Waals surface area contributed by atoms with Crippen LogP contribution in [-0.4, -0.2) is 29.8 Å². The third kappa shape index (κ3) is 5.49. The van der Waals surface area contributed by atoms with E-state index in [1.165, 1.54) is 0 Å². The highest BCUT2D eigenvalue weighted by atomic mass is 35.5. The van der Waals surface area contributed by atoms with Crippen LogP contribution in [0.25, 0.3) is 0 Å². The smallest absolute Gasteiger partial charge is 0.243 e. The van der Waals surface area contributed by atoms with Crippen LogP contribution in [0.2, 0.25) is 5.02 Å². The minimum atomic E-state index is -0.190. The van der Waals surface area contributed by atoms with Crippen molar-refractivity contribution in [3.05, 3.63) is 58.6 Å². The van der Waals surface area contributed by atoms with E-state index in [0.29, 0.717) is 23.8 Å². The fraction of sp³-hybridized carbons (Fsp3) is 0.300. The number of carbonyl (C=O) groups is 2. The molecule has 0 radical (unpaired) electrons. The van der Waals surface area contributed by atoms with Crippen molar-refractivity contribution in [1.29, 1.82) is 0 Å². The van der Waals surface area contributed by atoms with Crippen LogP contribution in [0.15, 0.2) is 42.5 Å². The first kappa shape index (κ1) is 19.8. The van der Waals surface area contributed by atoms with Gasteiger partial charge in [0, 0.05) is 25.7 Å². The number of aryl methyl sites for hydroxylation is 1. The second kappa shape index (κ2) is 9.25. The van der Waals surface area contributed by atoms with Crippen molar-refractivity contribution in [2.24, 2.45) is 0 Å². The van der Waals surface area contributed by atoms with E-state index in [4.69, 9.17) is 11.6 Å². The summed E-state index contributed by atoms with van der Waals surface area (Å²) in [6, 6.07) is 13.1. The zero-order valence-corrected chi connectivity index (χ0v) is 16.1. The first-order valence-electron chi connectivity index (χ1n) is 8.54. The number of halogens is 1. The van der Waals surface area contributed by atoms with Crippen molar-refractivity contribution in [1.82, 2.24) is 4.90 Å². The van der Waals surface area contributed by atoms with E-state index in [1.54, 1.807) is 24.0 Å². The molecule has 0 aliphatic heterocycles. The number of hydrogen-bond acceptors (Lipinski definition) is 3. The maximum Gasteiger partial charge on any atom is 0.243 e. The van der Waals surface area contributed by atoms with E-state index >= 15 is 0 Å². The maximum atomic E-state index is 12.2. The molecular weight excluding hydrogens is 350 g/mol. The van der Waals surface area contributed by atoms with Gasteiger partial charge in [-0.3, -0.25) is 9.59 Å². The molecule has 0 atom stereocenters. The molecule has 0 aliphatic carbocycles. The van der Waals surface area contributed by atoms with Crippen LogP contribution in [0.1, 0.15) is 25.0 Å². The van der Waals surface area contributed by atoms with Crippen LogP contribution >= 0.6 is 11.6 Å². The highest BCUT2D eigenvalue weighted by Gasteiger charge is 2.11. The summed E-state index contributed by atoms with van der Waals surface area (Å²) in [7, 11) is 0. The van der Waals surface area contributed by atoms with Gasteiger partial charge in [-0.15, -0.1) is 0 Å². The summed E-state index contributed by atoms with van der Waals surface area (Å²) >= 11 is 6.15. The molecule has 2 aromatic rings. The summed E-state index contributed by atoms with van der Waals surface area (Å²) in [5, 5.41) is 6.45. The van der Waals surface area contributed by atoms with Gasteiger partial charge < -0.3 is 15.5 Å². The number of anilines is 2. The number of para-hydroxylation sites is 1. The van der Waals surface area contributed by atoms with Gasteiger partial charge in [0.15, 0.2) is 0 Å². The fourth-order valence-corrected chi connectivity index (χ4v) is 2.86. The van der Waals surface area contributed by atoms with Crippen LogP contribution in [0.4, 0.5) is 11.4 Å². The average Bonchev–Trinajstić information content (AvgIpc) is 2.60. The van der Waals surface area contributed by atoms with Crippen molar-refractivity contribution in [3.8, 4) is 0 Å². The molecule has 0 aromatic heterocycles. The molecule has 0 unspecified atom stereocenters. The molecule has 0 bridgehead atoms. The number of benzene rings is 2. The van der Waals surface area contributed by atoms with Crippen LogP contribution in [0.3, 0.4) is 0 Å². The van der Waals surface area contributed by atoms with Gasteiger partial charge in [0.25, 0.3) is 0 Å². The quantitative estimate of drug-likeness (QED) is 0.769. The number of carbonyl (C=O) groups excluding carboxylic acids is 2. The minimum Gasteiger partial charge on any atom is -0.376 e. The molecular formula is C20H24ClN3O2. The molecule has 2 N–H and O–H groups in total. The van der Waals surface area contributed by atoms with E-state index in [2.05, 4.69) is 10.6 Å². The minimum absolute atomic E-state index is 0.0223. The molecule has 2 rings (SSSR count). The summed E-state index contributed by atoms with van der Waals surface area (Å²) in [6.07, 6.45) is 0. The molecule has 0 heterocycles. The molecule has 138 valence electrons. The molecule has 0 aliphatic rings. The van der Waals surface area contributed by atoms with Gasteiger partial charge in [-0.1, -0.05) is 35.9 Å². The molecule has 0 spiro atoms. The number of nitrogens with zero attached hydrogens (tertiary/aromatic N) is 1. The maximum absolute atomic E-state index is 12.2. The lowest BCUT2D eigenvalue weighted by Crippen LogP contribution is -2.28. The van der Waals surface area contributed by atoms with Gasteiger partial charge in [-0.05, 0) is 43.2 Å². The topological polar surface area (TPSA) is 61.4 Å². The Kier molecular flexibility index (Phi) is 7.04. The lowest BCUT2D eigenvalue weighted by Gasteiger charge is -2.21. The summed E-state index contributed by atoms with van der Waals surface area (Å²) in [6.45, 7) is 6.68. The van der Waals surface area contributed by atoms with Crippen LogP contribution in [0, 0.1) is 6.92 Å². The molecule has 2 aromatic carbocycles. The summed E-state index contributed by atoms with van der Waals surface area (Å²) in [5.41, 5.74) is 3.42. The van der Waals surface area contributed by atoms with Crippen molar-refractivity contribution in [3.63, 3.8) is 0 Å². The normalized spacial score (nSPS) is 10.3. The Bertz CT molecular complexity index is 792. The Labute approximate surface area is 159 Å². The largest absolute Gasteiger partial charge is 0.376 e. The Balaban J connectivity index is 2.00. The highest BCUT2D eigenvalue weighted by Crippen LogP contribution is 2.23. The van der Waals surface area contributed by atoms with Gasteiger partial charge in [0.05, 0.1) is 17.3 Å². The van der Waals surface area contributed by atoms with E-state index < -0.39 is 0 Å². The average molecular weight is 374 g/mol. The summed E-state index contributed by atoms with van der Waals surface area (Å²) in [5.74, 6) is -0.168. The second-order valence-electron chi connectivity index (χ2n) is 6.08. The van der Waals surface area contributed by atoms with Gasteiger partial charge in [0.1, 0.15) is 0 Å². The Morgan fingerprint density at radius 2 is 1.85 bits per heavy atom. The zero-order valence-electron chi connectivity index (χ0n) is 15.3. The summed E-state index contributed by atoms with van der Waals surface area (Å²) < 4.78 is 0. The number of rotatable bonds is 7. The van der Waals surface area contributed by atoms with Crippen LogP contribution < -0.4 is 10.6 Å². The lowest BCUT2D eigenvalue weighted by molar-refractivity contribution is -0.129. The van der Waals surface area contributed by atoms with Gasteiger partial charge in [-0.25, -0.2) is 0 Å². The summed E-state index contributed by atoms with van der Waals surface area (Å²) in [4.78, 5) is 25.6. The number of nitrogens with one attached hydrogen (secondary N) is 2. The Morgan fingerprint density at radius 1 is 1.12 bits per heavy atom. The Hall–Kier alpha value is -2.53. The van der Waals surface area contributed by atoms with Crippen molar-refractivity contribution in [2.45, 2.75) is 27.3 Å². The highest BCUT2D eigenvalue weighted by molar-refractivity contribution is 6.33.